The molecule has 0 amide bonds. The van der Waals surface area contributed by atoms with Crippen LogP contribution in [0.1, 0.15) is 15.9 Å². The van der Waals surface area contributed by atoms with Crippen molar-refractivity contribution in [2.24, 2.45) is 0 Å². The molecule has 3 nitrogen and oxygen atoms in total. The lowest BCUT2D eigenvalue weighted by Crippen LogP contribution is -2.09. The van der Waals surface area contributed by atoms with Crippen molar-refractivity contribution in [1.29, 1.82) is 0 Å². The van der Waals surface area contributed by atoms with E-state index >= 15 is 0 Å². The van der Waals surface area contributed by atoms with Crippen LogP contribution in [0.4, 0.5) is 0 Å². The van der Waals surface area contributed by atoms with Crippen LogP contribution >= 0.6 is 11.6 Å². The molecule has 0 aliphatic heterocycles. The average Bonchev–Trinajstić information content (AvgIpc) is 2.47. The molecular weight excluding hydrogens is 286 g/mol. The molecule has 0 aliphatic rings. The molecule has 0 bridgehead atoms. The van der Waals surface area contributed by atoms with E-state index in [-0.39, 0.29) is 0 Å². The van der Waals surface area contributed by atoms with Gasteiger partial charge in [-0.3, -0.25) is 4.98 Å². The second-order valence-electron chi connectivity index (χ2n) is 4.70. The summed E-state index contributed by atoms with van der Waals surface area (Å²) in [6.07, 6.45) is 1.67. The Morgan fingerprint density at radius 2 is 1.95 bits per heavy atom. The van der Waals surface area contributed by atoms with E-state index in [4.69, 9.17) is 16.3 Å². The molecule has 3 aromatic rings. The number of rotatable bonds is 2. The molecule has 0 saturated heterocycles. The maximum absolute atomic E-state index is 12.3. The van der Waals surface area contributed by atoms with Crippen LogP contribution in [0.3, 0.4) is 0 Å². The largest absolute Gasteiger partial charge is 0.421 e. The summed E-state index contributed by atoms with van der Waals surface area (Å²) < 4.78 is 5.45. The molecule has 0 N–H and O–H groups in total. The number of esters is 1. The SMILES string of the molecule is Cc1ccc(C(=O)Oc2cccc3cccnc23)c(Cl)c1. The van der Waals surface area contributed by atoms with Crippen LogP contribution in [0.2, 0.25) is 5.02 Å². The molecule has 4 heteroatoms. The second-order valence-corrected chi connectivity index (χ2v) is 5.11. The number of ether oxygens (including phenoxy) is 1. The van der Waals surface area contributed by atoms with Crippen LogP contribution in [0, 0.1) is 6.92 Å². The predicted octanol–water partition coefficient (Wildman–Crippen LogP) is 4.42. The molecule has 0 saturated carbocycles. The van der Waals surface area contributed by atoms with E-state index in [9.17, 15) is 4.79 Å². The highest BCUT2D eigenvalue weighted by Crippen LogP contribution is 2.25. The molecule has 2 aromatic carbocycles. The van der Waals surface area contributed by atoms with Crippen molar-refractivity contribution in [2.75, 3.05) is 0 Å². The molecule has 0 radical (unpaired) electrons. The van der Waals surface area contributed by atoms with Crippen molar-refractivity contribution < 1.29 is 9.53 Å². The van der Waals surface area contributed by atoms with Gasteiger partial charge in [0.05, 0.1) is 10.6 Å². The Balaban J connectivity index is 1.97. The third kappa shape index (κ3) is 2.73. The number of hydrogen-bond acceptors (Lipinski definition) is 3. The highest BCUT2D eigenvalue weighted by Gasteiger charge is 2.14. The minimum absolute atomic E-state index is 0.343. The van der Waals surface area contributed by atoms with Gasteiger partial charge in [0, 0.05) is 11.6 Å². The van der Waals surface area contributed by atoms with Crippen LogP contribution < -0.4 is 4.74 Å². The Morgan fingerprint density at radius 3 is 2.76 bits per heavy atom. The summed E-state index contributed by atoms with van der Waals surface area (Å²) in [7, 11) is 0. The molecule has 0 atom stereocenters. The standard InChI is InChI=1S/C17H12ClNO2/c1-11-7-8-13(14(18)10-11)17(20)21-15-6-2-4-12-5-3-9-19-16(12)15/h2-10H,1H3. The normalized spacial score (nSPS) is 10.6. The predicted molar refractivity (Wildman–Crippen MR) is 82.9 cm³/mol. The highest BCUT2D eigenvalue weighted by molar-refractivity contribution is 6.33. The zero-order chi connectivity index (χ0) is 14.8. The third-order valence-corrected chi connectivity index (χ3v) is 3.46. The number of aryl methyl sites for hydroxylation is 1. The number of carbonyl (C=O) groups excluding carboxylic acids is 1. The van der Waals surface area contributed by atoms with E-state index in [0.29, 0.717) is 21.9 Å². The van der Waals surface area contributed by atoms with Gasteiger partial charge in [-0.25, -0.2) is 4.79 Å². The quantitative estimate of drug-likeness (QED) is 0.519. The van der Waals surface area contributed by atoms with Crippen LogP contribution in [0.25, 0.3) is 10.9 Å². The number of carbonyl (C=O) groups is 1. The number of pyridine rings is 1. The molecule has 104 valence electrons. The third-order valence-electron chi connectivity index (χ3n) is 3.14. The lowest BCUT2D eigenvalue weighted by Gasteiger charge is -2.08. The average molecular weight is 298 g/mol. The van der Waals surface area contributed by atoms with Crippen molar-refractivity contribution in [3.05, 3.63) is 70.9 Å². The van der Waals surface area contributed by atoms with Crippen molar-refractivity contribution in [3.63, 3.8) is 0 Å². The van der Waals surface area contributed by atoms with E-state index < -0.39 is 5.97 Å². The molecule has 21 heavy (non-hydrogen) atoms. The van der Waals surface area contributed by atoms with Gasteiger partial charge in [-0.2, -0.15) is 0 Å². The van der Waals surface area contributed by atoms with Crippen LogP contribution in [0.5, 0.6) is 5.75 Å². The maximum atomic E-state index is 12.3. The Morgan fingerprint density at radius 1 is 1.14 bits per heavy atom. The lowest BCUT2D eigenvalue weighted by molar-refractivity contribution is 0.0737. The molecule has 1 heterocycles. The van der Waals surface area contributed by atoms with Gasteiger partial charge in [-0.05, 0) is 36.8 Å². The Bertz CT molecular complexity index is 825. The van der Waals surface area contributed by atoms with Crippen molar-refractivity contribution in [1.82, 2.24) is 4.98 Å². The van der Waals surface area contributed by atoms with Gasteiger partial charge >= 0.3 is 5.97 Å². The summed E-state index contributed by atoms with van der Waals surface area (Å²) >= 11 is 6.09. The zero-order valence-corrected chi connectivity index (χ0v) is 12.1. The Kier molecular flexibility index (Phi) is 3.59. The van der Waals surface area contributed by atoms with Gasteiger partial charge in [-0.15, -0.1) is 0 Å². The fraction of sp³-hybridized carbons (Fsp3) is 0.0588. The topological polar surface area (TPSA) is 39.2 Å². The van der Waals surface area contributed by atoms with Crippen LogP contribution in [-0.2, 0) is 0 Å². The molecular formula is C17H12ClNO2. The summed E-state index contributed by atoms with van der Waals surface area (Å²) in [4.78, 5) is 16.5. The summed E-state index contributed by atoms with van der Waals surface area (Å²) in [6.45, 7) is 1.91. The van der Waals surface area contributed by atoms with E-state index in [2.05, 4.69) is 4.98 Å². The molecule has 0 aliphatic carbocycles. The summed E-state index contributed by atoms with van der Waals surface area (Å²) in [5.74, 6) is -0.0621. The van der Waals surface area contributed by atoms with Crippen LogP contribution in [0.15, 0.2) is 54.7 Å². The first kappa shape index (κ1) is 13.6. The number of para-hydroxylation sites is 1. The van der Waals surface area contributed by atoms with E-state index in [1.165, 1.54) is 0 Å². The van der Waals surface area contributed by atoms with Gasteiger partial charge in [-0.1, -0.05) is 35.9 Å². The molecule has 0 fully saturated rings. The lowest BCUT2D eigenvalue weighted by atomic mass is 10.1. The summed E-state index contributed by atoms with van der Waals surface area (Å²) in [6, 6.07) is 14.4. The van der Waals surface area contributed by atoms with Gasteiger partial charge in [0.1, 0.15) is 5.52 Å². The first-order valence-electron chi connectivity index (χ1n) is 6.47. The summed E-state index contributed by atoms with van der Waals surface area (Å²) in [5, 5.41) is 1.30. The minimum atomic E-state index is -0.488. The molecule has 3 rings (SSSR count). The fourth-order valence-electron chi connectivity index (χ4n) is 2.10. The minimum Gasteiger partial charge on any atom is -0.421 e. The zero-order valence-electron chi connectivity index (χ0n) is 11.3. The maximum Gasteiger partial charge on any atom is 0.345 e. The van der Waals surface area contributed by atoms with Crippen molar-refractivity contribution >= 4 is 28.5 Å². The van der Waals surface area contributed by atoms with Crippen LogP contribution in [-0.4, -0.2) is 11.0 Å². The molecule has 0 unspecified atom stereocenters. The van der Waals surface area contributed by atoms with E-state index in [0.717, 1.165) is 10.9 Å². The van der Waals surface area contributed by atoms with Crippen molar-refractivity contribution in [2.45, 2.75) is 6.92 Å². The number of nitrogens with zero attached hydrogens (tertiary/aromatic N) is 1. The molecule has 1 aromatic heterocycles. The fourth-order valence-corrected chi connectivity index (χ4v) is 2.41. The van der Waals surface area contributed by atoms with Gasteiger partial charge in [0.25, 0.3) is 0 Å². The Hall–Kier alpha value is -2.39. The van der Waals surface area contributed by atoms with Crippen molar-refractivity contribution in [3.8, 4) is 5.75 Å². The first-order valence-corrected chi connectivity index (χ1v) is 6.85. The van der Waals surface area contributed by atoms with E-state index in [1.54, 1.807) is 24.4 Å². The number of aromatic nitrogens is 1. The number of halogens is 1. The summed E-state index contributed by atoms with van der Waals surface area (Å²) in [5.41, 5.74) is 1.98. The highest BCUT2D eigenvalue weighted by atomic mass is 35.5. The van der Waals surface area contributed by atoms with E-state index in [1.807, 2.05) is 37.3 Å². The van der Waals surface area contributed by atoms with Gasteiger partial charge in [0.15, 0.2) is 5.75 Å². The monoisotopic (exact) mass is 297 g/mol. The molecule has 0 spiro atoms. The first-order chi connectivity index (χ1) is 10.1. The number of benzene rings is 2. The van der Waals surface area contributed by atoms with Gasteiger partial charge in [0.2, 0.25) is 0 Å². The Labute approximate surface area is 127 Å². The number of hydrogen-bond donors (Lipinski definition) is 0. The number of fused-ring (bicyclic) bond motifs is 1. The van der Waals surface area contributed by atoms with Gasteiger partial charge < -0.3 is 4.74 Å². The smallest absolute Gasteiger partial charge is 0.345 e. The second kappa shape index (κ2) is 5.54.